The molecule has 2 heterocycles. The molecule has 33 heavy (non-hydrogen) atoms. The summed E-state index contributed by atoms with van der Waals surface area (Å²) in [5, 5.41) is 22.4. The van der Waals surface area contributed by atoms with E-state index in [1.165, 1.54) is 42.6 Å². The van der Waals surface area contributed by atoms with E-state index >= 15 is 0 Å². The van der Waals surface area contributed by atoms with Crippen molar-refractivity contribution < 1.29 is 5.11 Å². The number of amidine groups is 1. The molecule has 0 amide bonds. The Labute approximate surface area is 202 Å². The van der Waals surface area contributed by atoms with Crippen molar-refractivity contribution in [3.63, 3.8) is 0 Å². The molecule has 2 N–H and O–H groups in total. The fourth-order valence-corrected chi connectivity index (χ4v) is 7.95. The topological polar surface area (TPSA) is 60.2 Å². The maximum Gasteiger partial charge on any atom is 0.135 e. The Morgan fingerprint density at radius 2 is 2.06 bits per heavy atom. The lowest BCUT2D eigenvalue weighted by molar-refractivity contribution is 0.0108. The summed E-state index contributed by atoms with van der Waals surface area (Å²) in [5.41, 5.74) is 6.43. The molecule has 5 rings (SSSR count). The van der Waals surface area contributed by atoms with E-state index in [0.29, 0.717) is 35.5 Å². The Morgan fingerprint density at radius 3 is 2.76 bits per heavy atom. The van der Waals surface area contributed by atoms with E-state index in [-0.39, 0.29) is 10.8 Å². The second kappa shape index (κ2) is 7.97. The molecule has 176 valence electrons. The number of aromatic nitrogens is 1. The van der Waals surface area contributed by atoms with Crippen LogP contribution in [0.15, 0.2) is 29.3 Å². The van der Waals surface area contributed by atoms with E-state index in [0.717, 1.165) is 23.7 Å². The fraction of sp³-hybridized carbons (Fsp3) is 0.571. The van der Waals surface area contributed by atoms with E-state index in [1.54, 1.807) is 11.1 Å². The van der Waals surface area contributed by atoms with Gasteiger partial charge in [0.2, 0.25) is 0 Å². The number of benzene rings is 1. The fourth-order valence-electron chi connectivity index (χ4n) is 7.09. The second-order valence-electron chi connectivity index (χ2n) is 11.4. The first-order valence-corrected chi connectivity index (χ1v) is 13.3. The SMILES string of the molecule is Cc1csc(C2=C(O)CN(C[C@]3(C)CCC[C@@]4(C)c5ccc(C(C)C)cc5CC[C@H]34)C2=N)n1. The van der Waals surface area contributed by atoms with Gasteiger partial charge in [0, 0.05) is 17.6 Å². The van der Waals surface area contributed by atoms with Crippen molar-refractivity contribution in [1.82, 2.24) is 9.88 Å². The minimum Gasteiger partial charge on any atom is -0.510 e. The van der Waals surface area contributed by atoms with Gasteiger partial charge in [-0.25, -0.2) is 4.98 Å². The first kappa shape index (κ1) is 22.6. The van der Waals surface area contributed by atoms with E-state index in [2.05, 4.69) is 55.8 Å². The highest BCUT2D eigenvalue weighted by Gasteiger charge is 2.52. The van der Waals surface area contributed by atoms with Crippen LogP contribution in [-0.2, 0) is 11.8 Å². The zero-order chi connectivity index (χ0) is 23.5. The van der Waals surface area contributed by atoms with Crippen molar-refractivity contribution >= 4 is 22.7 Å². The molecule has 4 nitrogen and oxygen atoms in total. The van der Waals surface area contributed by atoms with Gasteiger partial charge in [0.15, 0.2) is 0 Å². The zero-order valence-electron chi connectivity index (χ0n) is 20.7. The van der Waals surface area contributed by atoms with E-state index in [1.807, 2.05) is 12.3 Å². The molecular formula is C28H37N3OS. The summed E-state index contributed by atoms with van der Waals surface area (Å²) in [5.74, 6) is 1.88. The maximum atomic E-state index is 10.8. The van der Waals surface area contributed by atoms with Gasteiger partial charge < -0.3 is 10.0 Å². The molecule has 0 unspecified atom stereocenters. The summed E-state index contributed by atoms with van der Waals surface area (Å²) in [6.07, 6.45) is 6.00. The van der Waals surface area contributed by atoms with Gasteiger partial charge in [0.25, 0.3) is 0 Å². The van der Waals surface area contributed by atoms with Crippen LogP contribution in [0.1, 0.15) is 86.7 Å². The van der Waals surface area contributed by atoms with Gasteiger partial charge in [-0.2, -0.15) is 0 Å². The molecule has 0 saturated heterocycles. The summed E-state index contributed by atoms with van der Waals surface area (Å²) in [4.78, 5) is 6.65. The number of hydrogen-bond donors (Lipinski definition) is 2. The van der Waals surface area contributed by atoms with Gasteiger partial charge in [-0.1, -0.05) is 52.3 Å². The Hall–Kier alpha value is -2.14. The molecule has 1 aromatic heterocycles. The Kier molecular flexibility index (Phi) is 5.47. The number of aliphatic hydroxyl groups is 1. The highest BCUT2D eigenvalue weighted by Crippen LogP contribution is 2.57. The summed E-state index contributed by atoms with van der Waals surface area (Å²) in [6.45, 7) is 12.7. The van der Waals surface area contributed by atoms with Gasteiger partial charge in [-0.15, -0.1) is 11.3 Å². The number of nitrogens with zero attached hydrogens (tertiary/aromatic N) is 2. The zero-order valence-corrected chi connectivity index (χ0v) is 21.5. The van der Waals surface area contributed by atoms with Crippen LogP contribution in [-0.4, -0.2) is 33.9 Å². The van der Waals surface area contributed by atoms with Crippen LogP contribution in [0.2, 0.25) is 0 Å². The molecule has 1 saturated carbocycles. The lowest BCUT2D eigenvalue weighted by Gasteiger charge is -2.56. The van der Waals surface area contributed by atoms with E-state index in [9.17, 15) is 5.11 Å². The Balaban J connectivity index is 1.42. The van der Waals surface area contributed by atoms with Crippen LogP contribution in [0.25, 0.3) is 5.57 Å². The predicted octanol–water partition coefficient (Wildman–Crippen LogP) is 6.85. The van der Waals surface area contributed by atoms with Crippen molar-refractivity contribution in [3.8, 4) is 0 Å². The van der Waals surface area contributed by atoms with Gasteiger partial charge in [-0.3, -0.25) is 5.41 Å². The maximum absolute atomic E-state index is 10.8. The molecule has 1 aromatic carbocycles. The Bertz CT molecular complexity index is 1130. The van der Waals surface area contributed by atoms with Crippen molar-refractivity contribution in [2.75, 3.05) is 13.1 Å². The predicted molar refractivity (Wildman–Crippen MR) is 137 cm³/mol. The standard InChI is InChI=1S/C28H37N3OS/c1-17(2)19-7-9-21-20(13-19)8-10-23-27(4,11-6-12-28(21,23)5)16-31-14-22(32)24(25(31)29)26-30-18(3)15-33-26/h7,9,13,15,17,23,29,32H,6,8,10-12,14,16H2,1-5H3/t23-,27+,28+/m1/s1. The summed E-state index contributed by atoms with van der Waals surface area (Å²) in [7, 11) is 0. The number of fused-ring (bicyclic) bond motifs is 3. The summed E-state index contributed by atoms with van der Waals surface area (Å²) >= 11 is 1.52. The molecule has 0 radical (unpaired) electrons. The number of aryl methyl sites for hydroxylation is 2. The molecule has 0 spiro atoms. The van der Waals surface area contributed by atoms with Crippen LogP contribution in [0, 0.1) is 23.7 Å². The van der Waals surface area contributed by atoms with Crippen molar-refractivity contribution in [2.24, 2.45) is 11.3 Å². The van der Waals surface area contributed by atoms with E-state index in [4.69, 9.17) is 5.41 Å². The third kappa shape index (κ3) is 3.63. The van der Waals surface area contributed by atoms with E-state index < -0.39 is 0 Å². The molecule has 3 aliphatic rings. The quantitative estimate of drug-likeness (QED) is 0.521. The van der Waals surface area contributed by atoms with Crippen molar-refractivity contribution in [3.05, 3.63) is 56.7 Å². The average Bonchev–Trinajstić information content (AvgIpc) is 3.29. The monoisotopic (exact) mass is 463 g/mol. The smallest absolute Gasteiger partial charge is 0.135 e. The van der Waals surface area contributed by atoms with Crippen LogP contribution in [0.5, 0.6) is 0 Å². The summed E-state index contributed by atoms with van der Waals surface area (Å²) in [6, 6.07) is 7.24. The number of thiazole rings is 1. The van der Waals surface area contributed by atoms with Gasteiger partial charge in [0.05, 0.1) is 12.1 Å². The first-order valence-electron chi connectivity index (χ1n) is 12.4. The minimum atomic E-state index is 0.113. The molecule has 3 atom stereocenters. The van der Waals surface area contributed by atoms with Crippen LogP contribution in [0.4, 0.5) is 0 Å². The Morgan fingerprint density at radius 1 is 1.27 bits per heavy atom. The van der Waals surface area contributed by atoms with Gasteiger partial charge in [-0.05, 0) is 72.0 Å². The number of nitrogens with one attached hydrogen (secondary N) is 1. The third-order valence-corrected chi connectivity index (χ3v) is 9.71. The first-order chi connectivity index (χ1) is 15.6. The molecule has 1 aliphatic heterocycles. The van der Waals surface area contributed by atoms with Crippen LogP contribution < -0.4 is 0 Å². The summed E-state index contributed by atoms with van der Waals surface area (Å²) < 4.78 is 0. The molecule has 2 aliphatic carbocycles. The van der Waals surface area contributed by atoms with Gasteiger partial charge in [0.1, 0.15) is 16.6 Å². The second-order valence-corrected chi connectivity index (χ2v) is 12.3. The third-order valence-electron chi connectivity index (χ3n) is 8.74. The highest BCUT2D eigenvalue weighted by atomic mass is 32.1. The number of hydrogen-bond acceptors (Lipinski definition) is 4. The lowest BCUT2D eigenvalue weighted by Crippen LogP contribution is -2.53. The molecule has 2 aromatic rings. The highest BCUT2D eigenvalue weighted by molar-refractivity contribution is 7.11. The van der Waals surface area contributed by atoms with Gasteiger partial charge >= 0.3 is 0 Å². The van der Waals surface area contributed by atoms with Crippen molar-refractivity contribution in [1.29, 1.82) is 5.41 Å². The molecule has 5 heteroatoms. The van der Waals surface area contributed by atoms with Crippen LogP contribution >= 0.6 is 11.3 Å². The molecule has 0 bridgehead atoms. The lowest BCUT2D eigenvalue weighted by atomic mass is 9.49. The normalized spacial score (nSPS) is 29.6. The largest absolute Gasteiger partial charge is 0.510 e. The molecular weight excluding hydrogens is 426 g/mol. The number of rotatable bonds is 4. The van der Waals surface area contributed by atoms with Crippen molar-refractivity contribution in [2.45, 2.75) is 78.1 Å². The average molecular weight is 464 g/mol. The van der Waals surface area contributed by atoms with Crippen LogP contribution in [0.3, 0.4) is 0 Å². The molecule has 1 fully saturated rings. The minimum absolute atomic E-state index is 0.113. The number of aliphatic hydroxyl groups excluding tert-OH is 1.